The van der Waals surface area contributed by atoms with Gasteiger partial charge in [0.1, 0.15) is 0 Å². The van der Waals surface area contributed by atoms with Crippen LogP contribution < -0.4 is 0 Å². The molecule has 9 rings (SSSR count). The van der Waals surface area contributed by atoms with Gasteiger partial charge in [-0.15, -0.1) is 0 Å². The van der Waals surface area contributed by atoms with Gasteiger partial charge < -0.3 is 0 Å². The molecule has 2 aliphatic rings. The van der Waals surface area contributed by atoms with Gasteiger partial charge in [0.05, 0.1) is 23.0 Å². The molecule has 0 saturated heterocycles. The van der Waals surface area contributed by atoms with Crippen LogP contribution in [0.2, 0.25) is 0 Å². The number of nitrogens with zero attached hydrogens (tertiary/aromatic N) is 3. The second-order valence-electron chi connectivity index (χ2n) is 13.4. The maximum absolute atomic E-state index is 5.64. The smallest absolute Gasteiger partial charge is 0.0825 e. The molecule has 49 heavy (non-hydrogen) atoms. The van der Waals surface area contributed by atoms with Crippen molar-refractivity contribution in [3.05, 3.63) is 185 Å². The van der Waals surface area contributed by atoms with E-state index in [4.69, 9.17) is 9.98 Å². The summed E-state index contributed by atoms with van der Waals surface area (Å²) < 4.78 is 0. The SMILES string of the molecule is Cc1c2c(c(C)c3c1c(-c1ccccc1)nc1cc(-c4ccccc4)ccc13)C(c1ccccc1)=NC1C=C(c3ccncc3)C=CC21C. The van der Waals surface area contributed by atoms with Crippen LogP contribution in [0.5, 0.6) is 0 Å². The van der Waals surface area contributed by atoms with Gasteiger partial charge in [-0.05, 0) is 83.3 Å². The van der Waals surface area contributed by atoms with E-state index in [0.717, 1.165) is 44.6 Å². The van der Waals surface area contributed by atoms with Gasteiger partial charge >= 0.3 is 0 Å². The Bertz CT molecular complexity index is 2500. The van der Waals surface area contributed by atoms with Crippen LogP contribution in [-0.4, -0.2) is 21.7 Å². The monoisotopic (exact) mass is 629 g/mol. The van der Waals surface area contributed by atoms with Crippen LogP contribution in [0.15, 0.2) is 157 Å². The Hall–Kier alpha value is -5.93. The fraction of sp³-hybridized carbons (Fsp3) is 0.109. The van der Waals surface area contributed by atoms with Crippen molar-refractivity contribution in [2.24, 2.45) is 4.99 Å². The van der Waals surface area contributed by atoms with E-state index in [1.807, 2.05) is 12.4 Å². The van der Waals surface area contributed by atoms with Crippen LogP contribution in [0.25, 0.3) is 49.6 Å². The summed E-state index contributed by atoms with van der Waals surface area (Å²) in [6.07, 6.45) is 10.7. The van der Waals surface area contributed by atoms with Crippen molar-refractivity contribution in [1.82, 2.24) is 9.97 Å². The Morgan fingerprint density at radius 3 is 1.96 bits per heavy atom. The number of hydrogen-bond acceptors (Lipinski definition) is 3. The number of aliphatic imine (C=N–C) groups is 1. The van der Waals surface area contributed by atoms with Gasteiger partial charge in [-0.2, -0.15) is 0 Å². The van der Waals surface area contributed by atoms with Crippen molar-refractivity contribution in [2.75, 3.05) is 0 Å². The summed E-state index contributed by atoms with van der Waals surface area (Å²) >= 11 is 0. The molecule has 0 spiro atoms. The van der Waals surface area contributed by atoms with E-state index >= 15 is 0 Å². The Morgan fingerprint density at radius 1 is 0.612 bits per heavy atom. The molecule has 0 bridgehead atoms. The molecule has 1 aliphatic carbocycles. The molecule has 0 saturated carbocycles. The molecule has 5 aromatic carbocycles. The summed E-state index contributed by atoms with van der Waals surface area (Å²) in [5, 5.41) is 3.63. The molecule has 234 valence electrons. The van der Waals surface area contributed by atoms with E-state index in [2.05, 4.69) is 165 Å². The van der Waals surface area contributed by atoms with Gasteiger partial charge in [0.15, 0.2) is 0 Å². The van der Waals surface area contributed by atoms with Crippen molar-refractivity contribution in [2.45, 2.75) is 32.2 Å². The molecular weight excluding hydrogens is 595 g/mol. The first-order chi connectivity index (χ1) is 24.0. The second kappa shape index (κ2) is 11.4. The third kappa shape index (κ3) is 4.61. The van der Waals surface area contributed by atoms with Crippen LogP contribution in [-0.2, 0) is 5.41 Å². The number of aromatic nitrogens is 2. The van der Waals surface area contributed by atoms with E-state index in [-0.39, 0.29) is 11.5 Å². The standard InChI is InChI=1S/C46H35N3/c1-29-40-37-20-19-35(31-13-7-4-8-14-31)27-38(37)48-44(33-15-9-5-10-16-33)41(40)30(2)43-42(29)45(34-17-11-6-12-18-34)49-39-28-36(21-24-46(39,43)3)32-22-25-47-26-23-32/h4-28,39H,1-3H3. The second-order valence-corrected chi connectivity index (χ2v) is 13.4. The zero-order valence-electron chi connectivity index (χ0n) is 27.9. The molecule has 0 N–H and O–H groups in total. The Labute approximate surface area is 287 Å². The first-order valence-electron chi connectivity index (χ1n) is 17.0. The van der Waals surface area contributed by atoms with Crippen LogP contribution in [0.1, 0.15) is 40.3 Å². The molecule has 2 aromatic heterocycles. The molecular formula is C46H35N3. The highest BCUT2D eigenvalue weighted by atomic mass is 14.9. The number of pyridine rings is 2. The normalized spacial score (nSPS) is 18.1. The molecule has 2 atom stereocenters. The van der Waals surface area contributed by atoms with Gasteiger partial charge in [0, 0.05) is 45.3 Å². The van der Waals surface area contributed by atoms with E-state index in [9.17, 15) is 0 Å². The first kappa shape index (κ1) is 29.2. The topological polar surface area (TPSA) is 38.1 Å². The van der Waals surface area contributed by atoms with Crippen LogP contribution in [0.3, 0.4) is 0 Å². The highest BCUT2D eigenvalue weighted by Crippen LogP contribution is 2.50. The predicted molar refractivity (Wildman–Crippen MR) is 204 cm³/mol. The number of aryl methyl sites for hydroxylation is 2. The fourth-order valence-corrected chi connectivity index (χ4v) is 8.15. The highest BCUT2D eigenvalue weighted by Gasteiger charge is 2.43. The van der Waals surface area contributed by atoms with Gasteiger partial charge in [-0.3, -0.25) is 9.98 Å². The largest absolute Gasteiger partial charge is 0.275 e. The van der Waals surface area contributed by atoms with Gasteiger partial charge in [0.25, 0.3) is 0 Å². The third-order valence-electron chi connectivity index (χ3n) is 10.6. The van der Waals surface area contributed by atoms with Crippen LogP contribution >= 0.6 is 0 Å². The maximum atomic E-state index is 5.64. The van der Waals surface area contributed by atoms with Crippen molar-refractivity contribution < 1.29 is 0 Å². The summed E-state index contributed by atoms with van der Waals surface area (Å²) in [7, 11) is 0. The molecule has 0 amide bonds. The maximum Gasteiger partial charge on any atom is 0.0825 e. The number of benzene rings is 5. The van der Waals surface area contributed by atoms with Gasteiger partial charge in [0.2, 0.25) is 0 Å². The van der Waals surface area contributed by atoms with Crippen molar-refractivity contribution in [3.8, 4) is 22.4 Å². The molecule has 3 heteroatoms. The molecule has 3 nitrogen and oxygen atoms in total. The summed E-state index contributed by atoms with van der Waals surface area (Å²) in [5.41, 5.74) is 14.7. The molecule has 0 fully saturated rings. The molecule has 7 aromatic rings. The molecule has 2 unspecified atom stereocenters. The van der Waals surface area contributed by atoms with Gasteiger partial charge in [-0.1, -0.05) is 121 Å². The fourth-order valence-electron chi connectivity index (χ4n) is 8.15. The van der Waals surface area contributed by atoms with Crippen LogP contribution in [0, 0.1) is 13.8 Å². The highest BCUT2D eigenvalue weighted by molar-refractivity contribution is 6.23. The zero-order valence-corrected chi connectivity index (χ0v) is 27.9. The summed E-state index contributed by atoms with van der Waals surface area (Å²) in [4.78, 5) is 15.4. The lowest BCUT2D eigenvalue weighted by atomic mass is 9.64. The number of allylic oxidation sites excluding steroid dienone is 2. The minimum absolute atomic E-state index is 0.0825. The predicted octanol–water partition coefficient (Wildman–Crippen LogP) is 10.9. The third-order valence-corrected chi connectivity index (χ3v) is 10.6. The molecule has 0 radical (unpaired) electrons. The van der Waals surface area contributed by atoms with Crippen molar-refractivity contribution >= 4 is 33.0 Å². The summed E-state index contributed by atoms with van der Waals surface area (Å²) in [6.45, 7) is 6.97. The summed E-state index contributed by atoms with van der Waals surface area (Å²) in [5.74, 6) is 0. The van der Waals surface area contributed by atoms with Crippen molar-refractivity contribution in [3.63, 3.8) is 0 Å². The van der Waals surface area contributed by atoms with Gasteiger partial charge in [-0.25, -0.2) is 4.98 Å². The van der Waals surface area contributed by atoms with E-state index in [0.29, 0.717) is 0 Å². The average molecular weight is 630 g/mol. The number of fused-ring (bicyclic) bond motifs is 6. The Balaban J connectivity index is 1.39. The average Bonchev–Trinajstić information content (AvgIpc) is 3.16. The van der Waals surface area contributed by atoms with E-state index in [1.54, 1.807) is 0 Å². The minimum Gasteiger partial charge on any atom is -0.275 e. The lowest BCUT2D eigenvalue weighted by Crippen LogP contribution is -2.41. The molecule has 3 heterocycles. The number of rotatable bonds is 4. The lowest BCUT2D eigenvalue weighted by Gasteiger charge is -2.42. The van der Waals surface area contributed by atoms with Crippen LogP contribution in [0.4, 0.5) is 0 Å². The zero-order chi connectivity index (χ0) is 33.1. The Kier molecular flexibility index (Phi) is 6.77. The quantitative estimate of drug-likeness (QED) is 0.182. The minimum atomic E-state index is -0.354. The van der Waals surface area contributed by atoms with Crippen molar-refractivity contribution in [1.29, 1.82) is 0 Å². The first-order valence-corrected chi connectivity index (χ1v) is 17.0. The van der Waals surface area contributed by atoms with E-state index in [1.165, 1.54) is 44.2 Å². The molecule has 1 aliphatic heterocycles. The Morgan fingerprint density at radius 2 is 1.27 bits per heavy atom. The van der Waals surface area contributed by atoms with E-state index < -0.39 is 0 Å². The summed E-state index contributed by atoms with van der Waals surface area (Å²) in [6, 6.07) is 42.8. The number of hydrogen-bond donors (Lipinski definition) is 0. The lowest BCUT2D eigenvalue weighted by molar-refractivity contribution is 0.512.